The van der Waals surface area contributed by atoms with Gasteiger partial charge in [0.1, 0.15) is 10.8 Å². The van der Waals surface area contributed by atoms with Crippen molar-refractivity contribution in [2.75, 3.05) is 17.7 Å². The van der Waals surface area contributed by atoms with Gasteiger partial charge in [0.25, 0.3) is 11.1 Å². The van der Waals surface area contributed by atoms with Gasteiger partial charge < -0.3 is 19.2 Å². The molecule has 8 nitrogen and oxygen atoms in total. The highest BCUT2D eigenvalue weighted by molar-refractivity contribution is 7.99. The van der Waals surface area contributed by atoms with E-state index in [1.165, 1.54) is 11.3 Å². The van der Waals surface area contributed by atoms with Crippen molar-refractivity contribution in [2.45, 2.75) is 50.9 Å². The Hall–Kier alpha value is -2.56. The number of hydrogen-bond donors (Lipinski definition) is 1. The standard InChI is InChI=1S/C23H24ClN3O5S2/c1-2-30-22(29)20-16-6-4-3-5-7-17(16)34-21(20)25-18(28)13-33-23-27-26-19(32-23)12-31-15-10-8-14(24)9-11-15/h8-11H,2-7,12-13H2,1H3,(H,25,28). The molecule has 1 amide bonds. The fraction of sp³-hybridized carbons (Fsp3) is 0.391. The molecule has 4 rings (SSSR count). The van der Waals surface area contributed by atoms with Gasteiger partial charge in [-0.25, -0.2) is 4.79 Å². The maximum absolute atomic E-state index is 12.6. The molecule has 0 saturated carbocycles. The Labute approximate surface area is 210 Å². The van der Waals surface area contributed by atoms with Crippen LogP contribution in [0.2, 0.25) is 5.02 Å². The number of thiophene rings is 1. The van der Waals surface area contributed by atoms with Gasteiger partial charge in [0.2, 0.25) is 5.91 Å². The number of carbonyl (C=O) groups excluding carboxylic acids is 2. The number of fused-ring (bicyclic) bond motifs is 1. The lowest BCUT2D eigenvalue weighted by molar-refractivity contribution is -0.113. The molecule has 1 aliphatic rings. The molecule has 0 radical (unpaired) electrons. The Bertz CT molecular complexity index is 1150. The second-order valence-corrected chi connectivity index (χ2v) is 10.00. The van der Waals surface area contributed by atoms with E-state index in [1.807, 2.05) is 0 Å². The molecule has 1 aromatic carbocycles. The first-order valence-electron chi connectivity index (χ1n) is 11.0. The topological polar surface area (TPSA) is 104 Å². The van der Waals surface area contributed by atoms with E-state index in [0.717, 1.165) is 54.3 Å². The number of rotatable bonds is 9. The molecule has 2 heterocycles. The molecule has 180 valence electrons. The Balaban J connectivity index is 1.34. The van der Waals surface area contributed by atoms with Gasteiger partial charge in [0.15, 0.2) is 6.61 Å². The summed E-state index contributed by atoms with van der Waals surface area (Å²) in [5, 5.41) is 12.2. The molecule has 11 heteroatoms. The first kappa shape index (κ1) is 24.6. The third-order valence-electron chi connectivity index (χ3n) is 5.10. The lowest BCUT2D eigenvalue weighted by Gasteiger charge is -2.08. The molecule has 0 saturated heterocycles. The number of thioether (sulfide) groups is 1. The molecule has 2 aromatic heterocycles. The van der Waals surface area contributed by atoms with Crippen LogP contribution in [0.4, 0.5) is 5.00 Å². The average Bonchev–Trinajstić information content (AvgIpc) is 3.34. The second-order valence-electron chi connectivity index (χ2n) is 7.53. The minimum absolute atomic E-state index is 0.0600. The number of esters is 1. The lowest BCUT2D eigenvalue weighted by atomic mass is 10.1. The Kier molecular flexibility index (Phi) is 8.47. The summed E-state index contributed by atoms with van der Waals surface area (Å²) in [6.45, 7) is 2.16. The van der Waals surface area contributed by atoms with E-state index in [2.05, 4.69) is 15.5 Å². The minimum Gasteiger partial charge on any atom is -0.484 e. The van der Waals surface area contributed by atoms with Gasteiger partial charge in [-0.3, -0.25) is 4.79 Å². The van der Waals surface area contributed by atoms with Crippen LogP contribution in [0.25, 0.3) is 0 Å². The number of benzene rings is 1. The van der Waals surface area contributed by atoms with Gasteiger partial charge in [0.05, 0.1) is 17.9 Å². The van der Waals surface area contributed by atoms with E-state index in [-0.39, 0.29) is 36.1 Å². The molecule has 0 bridgehead atoms. The first-order valence-corrected chi connectivity index (χ1v) is 13.2. The Morgan fingerprint density at radius 1 is 1.18 bits per heavy atom. The fourth-order valence-electron chi connectivity index (χ4n) is 3.57. The van der Waals surface area contributed by atoms with Gasteiger partial charge in [-0.05, 0) is 62.4 Å². The molecular weight excluding hydrogens is 498 g/mol. The van der Waals surface area contributed by atoms with Gasteiger partial charge in [-0.15, -0.1) is 21.5 Å². The number of ether oxygens (including phenoxy) is 2. The van der Waals surface area contributed by atoms with Crippen molar-refractivity contribution in [1.82, 2.24) is 10.2 Å². The number of carbonyl (C=O) groups is 2. The molecule has 0 fully saturated rings. The molecule has 0 aliphatic heterocycles. The normalized spacial score (nSPS) is 13.1. The number of nitrogens with zero attached hydrogens (tertiary/aromatic N) is 2. The summed E-state index contributed by atoms with van der Waals surface area (Å²) in [5.41, 5.74) is 1.52. The Morgan fingerprint density at radius 3 is 2.76 bits per heavy atom. The monoisotopic (exact) mass is 521 g/mol. The predicted molar refractivity (Wildman–Crippen MR) is 131 cm³/mol. The molecule has 0 atom stereocenters. The zero-order valence-corrected chi connectivity index (χ0v) is 21.0. The van der Waals surface area contributed by atoms with Crippen molar-refractivity contribution >= 4 is 51.6 Å². The van der Waals surface area contributed by atoms with Crippen molar-refractivity contribution in [3.8, 4) is 5.75 Å². The van der Waals surface area contributed by atoms with E-state index in [9.17, 15) is 9.59 Å². The summed E-state index contributed by atoms with van der Waals surface area (Å²) in [6.07, 6.45) is 4.99. The number of aromatic nitrogens is 2. The maximum Gasteiger partial charge on any atom is 0.341 e. The minimum atomic E-state index is -0.382. The second kappa shape index (κ2) is 11.7. The van der Waals surface area contributed by atoms with Crippen LogP contribution < -0.4 is 10.1 Å². The SMILES string of the molecule is CCOC(=O)c1c(NC(=O)CSc2nnc(COc3ccc(Cl)cc3)o2)sc2c1CCCCC2. The van der Waals surface area contributed by atoms with Crippen LogP contribution in [-0.4, -0.2) is 34.4 Å². The summed E-state index contributed by atoms with van der Waals surface area (Å²) in [7, 11) is 0. The molecule has 0 unspecified atom stereocenters. The van der Waals surface area contributed by atoms with E-state index < -0.39 is 0 Å². The van der Waals surface area contributed by atoms with Gasteiger partial charge in [0, 0.05) is 9.90 Å². The van der Waals surface area contributed by atoms with E-state index in [4.69, 9.17) is 25.5 Å². The summed E-state index contributed by atoms with van der Waals surface area (Å²) in [4.78, 5) is 26.4. The summed E-state index contributed by atoms with van der Waals surface area (Å²) in [5.74, 6) is 0.341. The first-order chi connectivity index (χ1) is 16.5. The van der Waals surface area contributed by atoms with Crippen molar-refractivity contribution < 1.29 is 23.5 Å². The maximum atomic E-state index is 12.6. The van der Waals surface area contributed by atoms with Crippen LogP contribution in [0.5, 0.6) is 5.75 Å². The number of hydrogen-bond acceptors (Lipinski definition) is 9. The molecule has 0 spiro atoms. The van der Waals surface area contributed by atoms with E-state index in [1.54, 1.807) is 31.2 Å². The molecule has 34 heavy (non-hydrogen) atoms. The van der Waals surface area contributed by atoms with Crippen molar-refractivity contribution in [1.29, 1.82) is 0 Å². The number of anilines is 1. The fourth-order valence-corrected chi connectivity index (χ4v) is 5.57. The zero-order valence-electron chi connectivity index (χ0n) is 18.6. The third kappa shape index (κ3) is 6.31. The summed E-state index contributed by atoms with van der Waals surface area (Å²) >= 11 is 8.45. The van der Waals surface area contributed by atoms with Crippen LogP contribution in [0, 0.1) is 0 Å². The van der Waals surface area contributed by atoms with Crippen molar-refractivity contribution in [3.05, 3.63) is 51.2 Å². The lowest BCUT2D eigenvalue weighted by Crippen LogP contribution is -2.16. The summed E-state index contributed by atoms with van der Waals surface area (Å²) < 4.78 is 16.4. The third-order valence-corrected chi connectivity index (χ3v) is 7.38. The Morgan fingerprint density at radius 2 is 1.97 bits per heavy atom. The largest absolute Gasteiger partial charge is 0.484 e. The van der Waals surface area contributed by atoms with Crippen LogP contribution in [0.1, 0.15) is 52.9 Å². The number of amides is 1. The summed E-state index contributed by atoms with van der Waals surface area (Å²) in [6, 6.07) is 6.94. The highest BCUT2D eigenvalue weighted by Crippen LogP contribution is 2.38. The number of aryl methyl sites for hydroxylation is 1. The van der Waals surface area contributed by atoms with Crippen molar-refractivity contribution in [3.63, 3.8) is 0 Å². The van der Waals surface area contributed by atoms with Crippen molar-refractivity contribution in [2.24, 2.45) is 0 Å². The van der Waals surface area contributed by atoms with E-state index in [0.29, 0.717) is 27.2 Å². The van der Waals surface area contributed by atoms with Gasteiger partial charge in [-0.1, -0.05) is 29.8 Å². The van der Waals surface area contributed by atoms with Crippen LogP contribution in [0.15, 0.2) is 33.9 Å². The highest BCUT2D eigenvalue weighted by Gasteiger charge is 2.26. The van der Waals surface area contributed by atoms with Crippen LogP contribution in [-0.2, 0) is 29.0 Å². The van der Waals surface area contributed by atoms with Gasteiger partial charge in [-0.2, -0.15) is 0 Å². The number of nitrogens with one attached hydrogen (secondary N) is 1. The molecule has 1 aliphatic carbocycles. The highest BCUT2D eigenvalue weighted by atomic mass is 35.5. The smallest absolute Gasteiger partial charge is 0.341 e. The van der Waals surface area contributed by atoms with Gasteiger partial charge >= 0.3 is 5.97 Å². The van der Waals surface area contributed by atoms with Crippen LogP contribution >= 0.6 is 34.7 Å². The quantitative estimate of drug-likeness (QED) is 0.222. The molecule has 3 aromatic rings. The predicted octanol–water partition coefficient (Wildman–Crippen LogP) is 5.54. The zero-order chi connectivity index (χ0) is 23.9. The molecule has 1 N–H and O–H groups in total. The van der Waals surface area contributed by atoms with E-state index >= 15 is 0 Å². The number of halogens is 1. The molecular formula is C23H24ClN3O5S2. The van der Waals surface area contributed by atoms with Crippen LogP contribution in [0.3, 0.4) is 0 Å². The average molecular weight is 522 g/mol.